The number of hydrogen-bond acceptors (Lipinski definition) is 5. The van der Waals surface area contributed by atoms with Gasteiger partial charge in [0.15, 0.2) is 5.65 Å². The van der Waals surface area contributed by atoms with Crippen LogP contribution < -0.4 is 5.32 Å². The Balaban J connectivity index is 1.40. The fourth-order valence-electron chi connectivity index (χ4n) is 4.49. The Bertz CT molecular complexity index is 1620. The largest absolute Gasteiger partial charge is 0.353 e. The molecule has 0 saturated heterocycles. The lowest BCUT2D eigenvalue weighted by molar-refractivity contribution is 0.674. The van der Waals surface area contributed by atoms with Crippen molar-refractivity contribution in [1.29, 1.82) is 0 Å². The van der Waals surface area contributed by atoms with E-state index < -0.39 is 0 Å². The number of H-pyrrole nitrogens is 2. The van der Waals surface area contributed by atoms with Crippen molar-refractivity contribution in [2.75, 3.05) is 6.54 Å². The summed E-state index contributed by atoms with van der Waals surface area (Å²) in [6.07, 6.45) is 10.4. The summed E-state index contributed by atoms with van der Waals surface area (Å²) < 4.78 is 0. The molecule has 0 atom stereocenters. The highest BCUT2D eigenvalue weighted by Crippen LogP contribution is 2.34. The summed E-state index contributed by atoms with van der Waals surface area (Å²) in [5.74, 6) is 0. The van der Waals surface area contributed by atoms with E-state index in [0.29, 0.717) is 5.65 Å². The molecule has 0 aliphatic carbocycles. The average molecular weight is 460 g/mol. The highest BCUT2D eigenvalue weighted by molar-refractivity contribution is 6.01. The molecule has 0 fully saturated rings. The maximum atomic E-state index is 4.62. The van der Waals surface area contributed by atoms with Crippen molar-refractivity contribution < 1.29 is 0 Å². The number of benzene rings is 1. The molecular weight excluding hydrogens is 434 g/mol. The summed E-state index contributed by atoms with van der Waals surface area (Å²) in [5.41, 5.74) is 9.15. The second-order valence-corrected chi connectivity index (χ2v) is 8.64. The fourth-order valence-corrected chi connectivity index (χ4v) is 4.49. The van der Waals surface area contributed by atoms with Crippen LogP contribution >= 0.6 is 0 Å². The third-order valence-corrected chi connectivity index (χ3v) is 6.22. The summed E-state index contributed by atoms with van der Waals surface area (Å²) in [7, 11) is 0. The van der Waals surface area contributed by atoms with E-state index in [2.05, 4.69) is 78.8 Å². The lowest BCUT2D eigenvalue weighted by Gasteiger charge is -2.06. The number of rotatable bonds is 7. The minimum Gasteiger partial charge on any atom is -0.353 e. The Hall–Kier alpha value is -4.36. The molecule has 6 rings (SSSR count). The van der Waals surface area contributed by atoms with Crippen molar-refractivity contribution in [2.45, 2.75) is 19.9 Å². The number of aromatic nitrogens is 6. The Morgan fingerprint density at radius 1 is 0.857 bits per heavy atom. The molecule has 0 saturated carbocycles. The van der Waals surface area contributed by atoms with Gasteiger partial charge >= 0.3 is 0 Å². The Morgan fingerprint density at radius 2 is 1.74 bits per heavy atom. The predicted octanol–water partition coefficient (Wildman–Crippen LogP) is 5.73. The van der Waals surface area contributed by atoms with Crippen molar-refractivity contribution >= 4 is 21.9 Å². The van der Waals surface area contributed by atoms with Gasteiger partial charge in [0.25, 0.3) is 0 Å². The topological polar surface area (TPSA) is 95.2 Å². The van der Waals surface area contributed by atoms with Crippen molar-refractivity contribution in [1.82, 2.24) is 35.5 Å². The van der Waals surface area contributed by atoms with Crippen LogP contribution in [0.4, 0.5) is 0 Å². The second kappa shape index (κ2) is 9.12. The van der Waals surface area contributed by atoms with Gasteiger partial charge in [-0.15, -0.1) is 0 Å². The number of nitrogens with zero attached hydrogens (tertiary/aromatic N) is 4. The van der Waals surface area contributed by atoms with E-state index in [9.17, 15) is 0 Å². The van der Waals surface area contributed by atoms with Gasteiger partial charge in [0.05, 0.1) is 11.4 Å². The Morgan fingerprint density at radius 3 is 2.63 bits per heavy atom. The highest BCUT2D eigenvalue weighted by Gasteiger charge is 2.15. The van der Waals surface area contributed by atoms with E-state index in [-0.39, 0.29) is 0 Å². The van der Waals surface area contributed by atoms with Gasteiger partial charge < -0.3 is 10.3 Å². The molecular formula is C28H25N7. The Labute approximate surface area is 202 Å². The van der Waals surface area contributed by atoms with E-state index in [0.717, 1.165) is 75.0 Å². The number of fused-ring (bicyclic) bond motifs is 2. The molecule has 0 radical (unpaired) electrons. The third kappa shape index (κ3) is 4.06. The van der Waals surface area contributed by atoms with E-state index in [1.54, 1.807) is 0 Å². The molecule has 5 aromatic heterocycles. The van der Waals surface area contributed by atoms with Gasteiger partial charge in [0, 0.05) is 64.9 Å². The third-order valence-electron chi connectivity index (χ3n) is 6.22. The molecule has 0 amide bonds. The normalized spacial score (nSPS) is 11.5. The molecule has 5 heterocycles. The molecule has 0 aliphatic rings. The van der Waals surface area contributed by atoms with Gasteiger partial charge in [0.1, 0.15) is 0 Å². The molecule has 0 aliphatic heterocycles. The van der Waals surface area contributed by atoms with Crippen LogP contribution in [-0.4, -0.2) is 36.7 Å². The highest BCUT2D eigenvalue weighted by atomic mass is 15.2. The standard InChI is InChI=1S/C28H25N7/c1-2-8-30-14-18-11-20(16-31-15-18)21-12-24-27(34-35-28(24)32-17-21)26-13-23-22(4-3-5-25(23)33-26)19-6-9-29-10-7-19/h3-7,9-13,15-17,30,33H,2,8,14H2,1H3,(H,32,34,35). The van der Waals surface area contributed by atoms with E-state index >= 15 is 0 Å². The molecule has 7 nitrogen and oxygen atoms in total. The van der Waals surface area contributed by atoms with Crippen molar-refractivity contribution in [2.24, 2.45) is 0 Å². The summed E-state index contributed by atoms with van der Waals surface area (Å²) in [6.45, 7) is 3.96. The van der Waals surface area contributed by atoms with Crippen LogP contribution in [0.15, 0.2) is 79.5 Å². The summed E-state index contributed by atoms with van der Waals surface area (Å²) in [5, 5.41) is 13.2. The van der Waals surface area contributed by atoms with Gasteiger partial charge in [-0.25, -0.2) is 4.98 Å². The first-order valence-electron chi connectivity index (χ1n) is 11.8. The summed E-state index contributed by atoms with van der Waals surface area (Å²) >= 11 is 0. The number of pyridine rings is 3. The SMILES string of the molecule is CCCNCc1cncc(-c2cnc3n[nH]c(-c4cc5c(-c6ccncc6)cccc5[nH]4)c3c2)c1. The maximum Gasteiger partial charge on any atom is 0.181 e. The van der Waals surface area contributed by atoms with E-state index in [1.807, 2.05) is 43.1 Å². The second-order valence-electron chi connectivity index (χ2n) is 8.64. The zero-order valence-corrected chi connectivity index (χ0v) is 19.4. The zero-order valence-electron chi connectivity index (χ0n) is 19.4. The van der Waals surface area contributed by atoms with Crippen LogP contribution in [0.3, 0.4) is 0 Å². The number of hydrogen-bond donors (Lipinski definition) is 3. The van der Waals surface area contributed by atoms with Crippen LogP contribution in [0.25, 0.3) is 55.6 Å². The van der Waals surface area contributed by atoms with Crippen molar-refractivity contribution in [3.05, 3.63) is 85.1 Å². The van der Waals surface area contributed by atoms with Gasteiger partial charge in [-0.3, -0.25) is 15.1 Å². The van der Waals surface area contributed by atoms with Gasteiger partial charge in [-0.2, -0.15) is 5.10 Å². The van der Waals surface area contributed by atoms with E-state index in [1.165, 1.54) is 0 Å². The fraction of sp³-hybridized carbons (Fsp3) is 0.143. The first-order chi connectivity index (χ1) is 17.3. The molecule has 172 valence electrons. The smallest absolute Gasteiger partial charge is 0.181 e. The minimum atomic E-state index is 0.686. The number of aromatic amines is 2. The summed E-state index contributed by atoms with van der Waals surface area (Å²) in [6, 6.07) is 16.8. The van der Waals surface area contributed by atoms with Crippen LogP contribution in [0.5, 0.6) is 0 Å². The lowest BCUT2D eigenvalue weighted by Crippen LogP contribution is -2.13. The van der Waals surface area contributed by atoms with Crippen LogP contribution in [0.1, 0.15) is 18.9 Å². The Kier molecular flexibility index (Phi) is 5.52. The average Bonchev–Trinajstić information content (AvgIpc) is 3.53. The van der Waals surface area contributed by atoms with Gasteiger partial charge in [-0.1, -0.05) is 19.1 Å². The molecule has 7 heteroatoms. The van der Waals surface area contributed by atoms with Gasteiger partial charge in [-0.05, 0) is 66.1 Å². The molecule has 1 aromatic carbocycles. The van der Waals surface area contributed by atoms with Crippen LogP contribution in [0.2, 0.25) is 0 Å². The van der Waals surface area contributed by atoms with Crippen LogP contribution in [0, 0.1) is 0 Å². The van der Waals surface area contributed by atoms with Gasteiger partial charge in [0.2, 0.25) is 0 Å². The van der Waals surface area contributed by atoms with Crippen molar-refractivity contribution in [3.63, 3.8) is 0 Å². The first-order valence-corrected chi connectivity index (χ1v) is 11.8. The monoisotopic (exact) mass is 459 g/mol. The summed E-state index contributed by atoms with van der Waals surface area (Å²) in [4.78, 5) is 16.8. The predicted molar refractivity (Wildman–Crippen MR) is 140 cm³/mol. The maximum absolute atomic E-state index is 4.62. The molecule has 6 aromatic rings. The first kappa shape index (κ1) is 21.2. The number of nitrogens with one attached hydrogen (secondary N) is 3. The molecule has 3 N–H and O–H groups in total. The van der Waals surface area contributed by atoms with Crippen molar-refractivity contribution in [3.8, 4) is 33.6 Å². The lowest BCUT2D eigenvalue weighted by atomic mass is 10.0. The quantitative estimate of drug-likeness (QED) is 0.265. The molecule has 35 heavy (non-hydrogen) atoms. The molecule has 0 bridgehead atoms. The molecule has 0 unspecified atom stereocenters. The van der Waals surface area contributed by atoms with Crippen LogP contribution in [-0.2, 0) is 6.54 Å². The van der Waals surface area contributed by atoms with E-state index in [4.69, 9.17) is 0 Å². The minimum absolute atomic E-state index is 0.686. The zero-order chi connectivity index (χ0) is 23.6. The molecule has 0 spiro atoms.